The third-order valence-corrected chi connectivity index (χ3v) is 3.19. The minimum Gasteiger partial charge on any atom is -0.508 e. The normalized spacial score (nSPS) is 12.8. The third kappa shape index (κ3) is 2.88. The van der Waals surface area contributed by atoms with E-state index < -0.39 is 0 Å². The van der Waals surface area contributed by atoms with E-state index in [0.717, 1.165) is 35.4 Å². The van der Waals surface area contributed by atoms with Crippen molar-refractivity contribution in [3.8, 4) is 5.75 Å². The second kappa shape index (κ2) is 5.41. The summed E-state index contributed by atoms with van der Waals surface area (Å²) in [5, 5.41) is 10.6. The molecule has 0 bridgehead atoms. The van der Waals surface area contributed by atoms with Crippen molar-refractivity contribution < 1.29 is 5.11 Å². The van der Waals surface area contributed by atoms with Gasteiger partial charge in [-0.1, -0.05) is 38.8 Å². The molecule has 1 aromatic carbocycles. The molecule has 0 saturated heterocycles. The van der Waals surface area contributed by atoms with Crippen LogP contribution < -0.4 is 0 Å². The van der Waals surface area contributed by atoms with Gasteiger partial charge in [0, 0.05) is 5.02 Å². The van der Waals surface area contributed by atoms with Crippen molar-refractivity contribution in [3.05, 3.63) is 28.3 Å². The third-order valence-electron chi connectivity index (χ3n) is 2.86. The monoisotopic (exact) mass is 226 g/mol. The van der Waals surface area contributed by atoms with Crippen LogP contribution in [0, 0.1) is 0 Å². The average molecular weight is 227 g/mol. The second-order valence-corrected chi connectivity index (χ2v) is 4.47. The van der Waals surface area contributed by atoms with Crippen molar-refractivity contribution in [2.75, 3.05) is 0 Å². The molecule has 0 aliphatic carbocycles. The molecular formula is C13H19ClO. The number of phenolic OH excluding ortho intramolecular Hbond substituents is 1. The first-order chi connectivity index (χ1) is 7.10. The Morgan fingerprint density at radius 2 is 2.00 bits per heavy atom. The molecule has 1 unspecified atom stereocenters. The summed E-state index contributed by atoms with van der Waals surface area (Å²) >= 11 is 6.20. The topological polar surface area (TPSA) is 20.2 Å². The van der Waals surface area contributed by atoms with E-state index in [2.05, 4.69) is 20.8 Å². The van der Waals surface area contributed by atoms with Gasteiger partial charge < -0.3 is 5.11 Å². The zero-order chi connectivity index (χ0) is 11.4. The van der Waals surface area contributed by atoms with Gasteiger partial charge in [0.2, 0.25) is 0 Å². The molecule has 0 heterocycles. The van der Waals surface area contributed by atoms with E-state index in [9.17, 15) is 5.11 Å². The quantitative estimate of drug-likeness (QED) is 0.801. The molecule has 84 valence electrons. The van der Waals surface area contributed by atoms with Crippen LogP contribution in [-0.4, -0.2) is 5.11 Å². The zero-order valence-corrected chi connectivity index (χ0v) is 10.4. The van der Waals surface area contributed by atoms with E-state index >= 15 is 0 Å². The second-order valence-electron chi connectivity index (χ2n) is 4.06. The Labute approximate surface area is 97.1 Å². The van der Waals surface area contributed by atoms with Gasteiger partial charge in [-0.15, -0.1) is 0 Å². The maximum absolute atomic E-state index is 9.83. The van der Waals surface area contributed by atoms with Crippen molar-refractivity contribution in [1.82, 2.24) is 0 Å². The van der Waals surface area contributed by atoms with Gasteiger partial charge in [-0.3, -0.25) is 0 Å². The number of halogens is 1. The molecule has 1 rings (SSSR count). The van der Waals surface area contributed by atoms with E-state index in [1.54, 1.807) is 0 Å². The van der Waals surface area contributed by atoms with Crippen molar-refractivity contribution in [2.24, 2.45) is 0 Å². The molecule has 2 heteroatoms. The van der Waals surface area contributed by atoms with Crippen LogP contribution in [0.25, 0.3) is 0 Å². The summed E-state index contributed by atoms with van der Waals surface area (Å²) in [6.07, 6.45) is 2.94. The maximum Gasteiger partial charge on any atom is 0.119 e. The van der Waals surface area contributed by atoms with Gasteiger partial charge in [0.05, 0.1) is 0 Å². The van der Waals surface area contributed by atoms with Crippen molar-refractivity contribution >= 4 is 11.6 Å². The molecule has 0 saturated carbocycles. The Balaban J connectivity index is 3.07. The van der Waals surface area contributed by atoms with Crippen LogP contribution in [-0.2, 0) is 6.42 Å². The fraction of sp³-hybridized carbons (Fsp3) is 0.538. The molecular weight excluding hydrogens is 208 g/mol. The Kier molecular flexibility index (Phi) is 4.46. The number of phenols is 1. The van der Waals surface area contributed by atoms with Gasteiger partial charge in [-0.2, -0.15) is 0 Å². The largest absolute Gasteiger partial charge is 0.508 e. The lowest BCUT2D eigenvalue weighted by Crippen LogP contribution is -1.95. The highest BCUT2D eigenvalue weighted by atomic mass is 35.5. The summed E-state index contributed by atoms with van der Waals surface area (Å²) in [5.74, 6) is 0.788. The van der Waals surface area contributed by atoms with Crippen LogP contribution in [0.5, 0.6) is 5.75 Å². The summed E-state index contributed by atoms with van der Waals surface area (Å²) in [6.45, 7) is 6.34. The first-order valence-corrected chi connectivity index (χ1v) is 5.99. The molecule has 1 N–H and O–H groups in total. The average Bonchev–Trinajstić information content (AvgIpc) is 2.22. The Hall–Kier alpha value is -0.690. The Morgan fingerprint density at radius 1 is 1.33 bits per heavy atom. The van der Waals surface area contributed by atoms with E-state index in [4.69, 9.17) is 11.6 Å². The molecule has 0 amide bonds. The lowest BCUT2D eigenvalue weighted by molar-refractivity contribution is 0.466. The smallest absolute Gasteiger partial charge is 0.119 e. The molecule has 0 radical (unpaired) electrons. The van der Waals surface area contributed by atoms with Crippen LogP contribution >= 0.6 is 11.6 Å². The summed E-state index contributed by atoms with van der Waals surface area (Å²) in [6, 6.07) is 3.73. The molecule has 0 aliphatic heterocycles. The lowest BCUT2D eigenvalue weighted by atomic mass is 9.96. The van der Waals surface area contributed by atoms with Crippen LogP contribution in [0.2, 0.25) is 5.02 Å². The SMILES string of the molecule is CCCc1cc(Cl)c(C(C)CC)cc1O. The van der Waals surface area contributed by atoms with E-state index in [1.165, 1.54) is 0 Å². The van der Waals surface area contributed by atoms with E-state index in [-0.39, 0.29) is 0 Å². The highest BCUT2D eigenvalue weighted by Gasteiger charge is 2.11. The van der Waals surface area contributed by atoms with Crippen molar-refractivity contribution in [1.29, 1.82) is 0 Å². The summed E-state index contributed by atoms with van der Waals surface area (Å²) in [4.78, 5) is 0. The maximum atomic E-state index is 9.83. The molecule has 0 aromatic heterocycles. The number of hydrogen-bond acceptors (Lipinski definition) is 1. The Morgan fingerprint density at radius 3 is 2.53 bits per heavy atom. The lowest BCUT2D eigenvalue weighted by Gasteiger charge is -2.14. The summed E-state index contributed by atoms with van der Waals surface area (Å²) in [7, 11) is 0. The van der Waals surface area contributed by atoms with Gasteiger partial charge in [-0.25, -0.2) is 0 Å². The zero-order valence-electron chi connectivity index (χ0n) is 9.68. The highest BCUT2D eigenvalue weighted by molar-refractivity contribution is 6.31. The molecule has 0 spiro atoms. The van der Waals surface area contributed by atoms with Gasteiger partial charge in [0.1, 0.15) is 5.75 Å². The predicted octanol–water partition coefficient (Wildman–Crippen LogP) is 4.51. The van der Waals surface area contributed by atoms with Crippen molar-refractivity contribution in [2.45, 2.75) is 46.0 Å². The summed E-state index contributed by atoms with van der Waals surface area (Å²) < 4.78 is 0. The minimum atomic E-state index is 0.386. The van der Waals surface area contributed by atoms with Crippen LogP contribution in [0.15, 0.2) is 12.1 Å². The number of benzene rings is 1. The standard InChI is InChI=1S/C13H19ClO/c1-4-6-10-7-12(14)11(8-13(10)15)9(3)5-2/h7-9,15H,4-6H2,1-3H3. The Bertz CT molecular complexity index is 334. The number of aryl methyl sites for hydroxylation is 1. The van der Waals surface area contributed by atoms with Crippen molar-refractivity contribution in [3.63, 3.8) is 0 Å². The fourth-order valence-electron chi connectivity index (χ4n) is 1.69. The molecule has 0 fully saturated rings. The minimum absolute atomic E-state index is 0.386. The number of hydrogen-bond donors (Lipinski definition) is 1. The number of rotatable bonds is 4. The van der Waals surface area contributed by atoms with Crippen LogP contribution in [0.1, 0.15) is 50.7 Å². The van der Waals surface area contributed by atoms with Crippen LogP contribution in [0.3, 0.4) is 0 Å². The van der Waals surface area contributed by atoms with Gasteiger partial charge in [0.15, 0.2) is 0 Å². The number of aromatic hydroxyl groups is 1. The molecule has 1 atom stereocenters. The highest BCUT2D eigenvalue weighted by Crippen LogP contribution is 2.33. The first kappa shape index (κ1) is 12.4. The fourth-order valence-corrected chi connectivity index (χ4v) is 2.06. The van der Waals surface area contributed by atoms with E-state index in [0.29, 0.717) is 11.7 Å². The van der Waals surface area contributed by atoms with Crippen LogP contribution in [0.4, 0.5) is 0 Å². The van der Waals surface area contributed by atoms with Gasteiger partial charge in [-0.05, 0) is 42.0 Å². The summed E-state index contributed by atoms with van der Waals surface area (Å²) in [5.41, 5.74) is 2.01. The van der Waals surface area contributed by atoms with Gasteiger partial charge in [0.25, 0.3) is 0 Å². The predicted molar refractivity (Wildman–Crippen MR) is 65.8 cm³/mol. The van der Waals surface area contributed by atoms with Gasteiger partial charge >= 0.3 is 0 Å². The molecule has 1 nitrogen and oxygen atoms in total. The van der Waals surface area contributed by atoms with E-state index in [1.807, 2.05) is 12.1 Å². The first-order valence-electron chi connectivity index (χ1n) is 5.61. The molecule has 15 heavy (non-hydrogen) atoms. The molecule has 0 aliphatic rings. The molecule has 1 aromatic rings.